The van der Waals surface area contributed by atoms with E-state index in [-0.39, 0.29) is 5.56 Å². The van der Waals surface area contributed by atoms with Crippen LogP contribution in [0.25, 0.3) is 10.2 Å². The van der Waals surface area contributed by atoms with Gasteiger partial charge in [0.25, 0.3) is 5.56 Å². The Balaban J connectivity index is 2.21. The fraction of sp³-hybridized carbons (Fsp3) is 0.286. The minimum atomic E-state index is -0.0631. The van der Waals surface area contributed by atoms with E-state index < -0.39 is 0 Å². The highest BCUT2D eigenvalue weighted by Crippen LogP contribution is 2.25. The number of thiophene rings is 1. The van der Waals surface area contributed by atoms with Gasteiger partial charge in [0.1, 0.15) is 10.7 Å². The van der Waals surface area contributed by atoms with Crippen LogP contribution in [0.4, 0.5) is 0 Å². The Bertz CT molecular complexity index is 952. The molecule has 108 valence electrons. The molecule has 0 unspecified atom stereocenters. The van der Waals surface area contributed by atoms with Gasteiger partial charge < -0.3 is 4.98 Å². The largest absolute Gasteiger partial charge is 0.323 e. The molecule has 21 heavy (non-hydrogen) atoms. The van der Waals surface area contributed by atoms with Crippen LogP contribution < -0.4 is 5.56 Å². The summed E-state index contributed by atoms with van der Waals surface area (Å²) in [7, 11) is 0. The Hall–Kier alpha value is -1.86. The molecule has 0 radical (unpaired) electrons. The van der Waals surface area contributed by atoms with E-state index in [0.717, 1.165) is 26.4 Å². The lowest BCUT2D eigenvalue weighted by Gasteiger charge is -2.06. The molecular formula is C14H14N4OS2. The molecule has 0 amide bonds. The Morgan fingerprint density at radius 2 is 2.14 bits per heavy atom. The van der Waals surface area contributed by atoms with Crippen molar-refractivity contribution in [3.05, 3.63) is 49.3 Å². The maximum absolute atomic E-state index is 12.7. The number of nitrogens with zero attached hydrogens (tertiary/aromatic N) is 3. The molecule has 0 aromatic carbocycles. The van der Waals surface area contributed by atoms with Gasteiger partial charge in [-0.1, -0.05) is 0 Å². The van der Waals surface area contributed by atoms with E-state index >= 15 is 0 Å². The molecule has 3 heterocycles. The molecule has 0 bridgehead atoms. The van der Waals surface area contributed by atoms with E-state index in [4.69, 9.17) is 12.2 Å². The molecule has 7 heteroatoms. The third-order valence-electron chi connectivity index (χ3n) is 3.46. The molecule has 0 saturated carbocycles. The highest BCUT2D eigenvalue weighted by Gasteiger charge is 2.13. The summed E-state index contributed by atoms with van der Waals surface area (Å²) in [6.07, 6.45) is 1.69. The number of fused-ring (bicyclic) bond motifs is 1. The zero-order chi connectivity index (χ0) is 15.1. The lowest BCUT2D eigenvalue weighted by atomic mass is 10.2. The van der Waals surface area contributed by atoms with E-state index in [0.29, 0.717) is 17.1 Å². The Morgan fingerprint density at radius 1 is 1.38 bits per heavy atom. The van der Waals surface area contributed by atoms with Crippen molar-refractivity contribution in [1.82, 2.24) is 19.5 Å². The summed E-state index contributed by atoms with van der Waals surface area (Å²) in [5.74, 6) is 0.680. The van der Waals surface area contributed by atoms with Crippen molar-refractivity contribution >= 4 is 33.8 Å². The summed E-state index contributed by atoms with van der Waals surface area (Å²) in [6.45, 7) is 6.14. The highest BCUT2D eigenvalue weighted by molar-refractivity contribution is 7.71. The van der Waals surface area contributed by atoms with Crippen LogP contribution in [0.1, 0.15) is 22.0 Å². The summed E-state index contributed by atoms with van der Waals surface area (Å²) < 4.78 is 1.98. The normalized spacial score (nSPS) is 11.2. The summed E-state index contributed by atoms with van der Waals surface area (Å²) in [5.41, 5.74) is 1.72. The molecule has 0 saturated heterocycles. The van der Waals surface area contributed by atoms with Crippen molar-refractivity contribution < 1.29 is 0 Å². The van der Waals surface area contributed by atoms with Crippen LogP contribution in [0.5, 0.6) is 0 Å². The molecule has 1 N–H and O–H groups in total. The monoisotopic (exact) mass is 318 g/mol. The van der Waals surface area contributed by atoms with Crippen molar-refractivity contribution in [3.8, 4) is 0 Å². The standard InChI is InChI=1S/C14H14N4OS2/c1-7-8(2)21-12-11(7)13(19)18(14(20)17-12)6-10-4-5-15-9(3)16-10/h4-5H,6H2,1-3H3,(H,17,20). The first-order valence-electron chi connectivity index (χ1n) is 6.48. The van der Waals surface area contributed by atoms with Crippen LogP contribution in [0.15, 0.2) is 17.1 Å². The van der Waals surface area contributed by atoms with Gasteiger partial charge in [0.2, 0.25) is 0 Å². The quantitative estimate of drug-likeness (QED) is 0.738. The molecule has 3 aromatic heterocycles. The predicted octanol–water partition coefficient (Wildman–Crippen LogP) is 2.88. The van der Waals surface area contributed by atoms with Gasteiger partial charge in [-0.25, -0.2) is 9.97 Å². The average molecular weight is 318 g/mol. The maximum Gasteiger partial charge on any atom is 0.263 e. The van der Waals surface area contributed by atoms with E-state index in [1.54, 1.807) is 28.2 Å². The molecule has 0 atom stereocenters. The van der Waals surface area contributed by atoms with Gasteiger partial charge >= 0.3 is 0 Å². The zero-order valence-corrected chi connectivity index (χ0v) is 13.6. The molecule has 5 nitrogen and oxygen atoms in total. The van der Waals surface area contributed by atoms with Crippen LogP contribution >= 0.6 is 23.6 Å². The number of aryl methyl sites for hydroxylation is 3. The topological polar surface area (TPSA) is 63.6 Å². The van der Waals surface area contributed by atoms with Gasteiger partial charge in [0, 0.05) is 11.1 Å². The molecule has 0 aliphatic rings. The molecular weight excluding hydrogens is 304 g/mol. The van der Waals surface area contributed by atoms with Gasteiger partial charge in [-0.2, -0.15) is 0 Å². The number of nitrogens with one attached hydrogen (secondary N) is 1. The molecule has 0 aliphatic heterocycles. The van der Waals surface area contributed by atoms with E-state index in [1.165, 1.54) is 0 Å². The van der Waals surface area contributed by atoms with E-state index in [1.807, 2.05) is 20.8 Å². The maximum atomic E-state index is 12.7. The molecule has 3 aromatic rings. The number of rotatable bonds is 2. The van der Waals surface area contributed by atoms with Crippen molar-refractivity contribution in [2.45, 2.75) is 27.3 Å². The molecule has 0 fully saturated rings. The van der Waals surface area contributed by atoms with Crippen molar-refractivity contribution in [2.75, 3.05) is 0 Å². The van der Waals surface area contributed by atoms with E-state index in [2.05, 4.69) is 15.0 Å². The van der Waals surface area contributed by atoms with Crippen LogP contribution in [0, 0.1) is 25.5 Å². The summed E-state index contributed by atoms with van der Waals surface area (Å²) >= 11 is 6.89. The van der Waals surface area contributed by atoms with Crippen molar-refractivity contribution in [3.63, 3.8) is 0 Å². The first kappa shape index (κ1) is 14.1. The number of hydrogen-bond acceptors (Lipinski definition) is 5. The third kappa shape index (κ3) is 2.43. The first-order valence-corrected chi connectivity index (χ1v) is 7.71. The highest BCUT2D eigenvalue weighted by atomic mass is 32.1. The predicted molar refractivity (Wildman–Crippen MR) is 86.6 cm³/mol. The SMILES string of the molecule is Cc1nccc(Cn2c(=S)[nH]c3sc(C)c(C)c3c2=O)n1. The summed E-state index contributed by atoms with van der Waals surface area (Å²) in [4.78, 5) is 26.2. The summed E-state index contributed by atoms with van der Waals surface area (Å²) in [6, 6.07) is 1.80. The Labute approximate surface area is 130 Å². The minimum Gasteiger partial charge on any atom is -0.323 e. The molecule has 3 rings (SSSR count). The smallest absolute Gasteiger partial charge is 0.263 e. The van der Waals surface area contributed by atoms with Gasteiger partial charge in [0.05, 0.1) is 17.6 Å². The second-order valence-electron chi connectivity index (χ2n) is 4.90. The number of H-pyrrole nitrogens is 1. The van der Waals surface area contributed by atoms with Crippen LogP contribution in [0.2, 0.25) is 0 Å². The zero-order valence-electron chi connectivity index (χ0n) is 11.9. The fourth-order valence-corrected chi connectivity index (χ4v) is 3.63. The lowest BCUT2D eigenvalue weighted by molar-refractivity contribution is 0.711. The number of aromatic nitrogens is 4. The number of hydrogen-bond donors (Lipinski definition) is 1. The van der Waals surface area contributed by atoms with Crippen LogP contribution in [0.3, 0.4) is 0 Å². The van der Waals surface area contributed by atoms with Gasteiger partial charge in [-0.3, -0.25) is 9.36 Å². The van der Waals surface area contributed by atoms with Gasteiger partial charge in [0.15, 0.2) is 4.77 Å². The van der Waals surface area contributed by atoms with Crippen LogP contribution in [-0.4, -0.2) is 19.5 Å². The lowest BCUT2D eigenvalue weighted by Crippen LogP contribution is -2.23. The second-order valence-corrected chi connectivity index (χ2v) is 6.52. The molecule has 0 aliphatic carbocycles. The molecule has 0 spiro atoms. The fourth-order valence-electron chi connectivity index (χ4n) is 2.26. The van der Waals surface area contributed by atoms with Crippen LogP contribution in [-0.2, 0) is 6.54 Å². The van der Waals surface area contributed by atoms with Gasteiger partial charge in [-0.15, -0.1) is 11.3 Å². The third-order valence-corrected chi connectivity index (χ3v) is 4.91. The average Bonchev–Trinajstić information content (AvgIpc) is 2.70. The summed E-state index contributed by atoms with van der Waals surface area (Å²) in [5, 5.41) is 0.719. The first-order chi connectivity index (χ1) is 9.97. The second kappa shape index (κ2) is 5.16. The van der Waals surface area contributed by atoms with Crippen molar-refractivity contribution in [1.29, 1.82) is 0 Å². The Morgan fingerprint density at radius 3 is 2.86 bits per heavy atom. The van der Waals surface area contributed by atoms with Crippen molar-refractivity contribution in [2.24, 2.45) is 0 Å². The minimum absolute atomic E-state index is 0.0631. The Kier molecular flexibility index (Phi) is 3.46. The number of aromatic amines is 1. The van der Waals surface area contributed by atoms with Gasteiger partial charge in [-0.05, 0) is 44.6 Å². The van der Waals surface area contributed by atoms with E-state index in [9.17, 15) is 4.79 Å².